The SMILES string of the molecule is NC(=S)c1ccc(C(=O)NCCC2CCOC2)cc1. The Kier molecular flexibility index (Phi) is 4.87. The van der Waals surface area contributed by atoms with Crippen LogP contribution < -0.4 is 11.1 Å². The molecule has 0 aliphatic carbocycles. The van der Waals surface area contributed by atoms with Crippen LogP contribution in [0.3, 0.4) is 0 Å². The van der Waals surface area contributed by atoms with Gasteiger partial charge >= 0.3 is 0 Å². The number of nitrogens with two attached hydrogens (primary N) is 1. The molecule has 5 heteroatoms. The van der Waals surface area contributed by atoms with E-state index in [0.29, 0.717) is 23.0 Å². The first-order chi connectivity index (χ1) is 9.16. The molecule has 0 radical (unpaired) electrons. The average Bonchev–Trinajstić information content (AvgIpc) is 2.92. The third-order valence-corrected chi connectivity index (χ3v) is 3.53. The van der Waals surface area contributed by atoms with E-state index in [9.17, 15) is 4.79 Å². The first-order valence-electron chi connectivity index (χ1n) is 6.42. The molecular weight excluding hydrogens is 260 g/mol. The summed E-state index contributed by atoms with van der Waals surface area (Å²) in [6.45, 7) is 2.35. The van der Waals surface area contributed by atoms with Crippen molar-refractivity contribution in [2.75, 3.05) is 19.8 Å². The van der Waals surface area contributed by atoms with Crippen LogP contribution in [0.15, 0.2) is 24.3 Å². The Morgan fingerprint density at radius 3 is 2.63 bits per heavy atom. The number of hydrogen-bond acceptors (Lipinski definition) is 3. The zero-order chi connectivity index (χ0) is 13.7. The molecule has 1 aromatic rings. The van der Waals surface area contributed by atoms with Crippen molar-refractivity contribution in [3.8, 4) is 0 Å². The maximum Gasteiger partial charge on any atom is 0.251 e. The molecule has 1 aliphatic rings. The lowest BCUT2D eigenvalue weighted by molar-refractivity contribution is 0.0950. The number of thiocarbonyl (C=S) groups is 1. The van der Waals surface area contributed by atoms with Gasteiger partial charge in [-0.1, -0.05) is 24.4 Å². The molecule has 0 bridgehead atoms. The molecule has 0 spiro atoms. The van der Waals surface area contributed by atoms with Gasteiger partial charge in [-0.05, 0) is 30.9 Å². The second-order valence-electron chi connectivity index (χ2n) is 4.72. The monoisotopic (exact) mass is 278 g/mol. The molecule has 0 aromatic heterocycles. The lowest BCUT2D eigenvalue weighted by Gasteiger charge is -2.09. The van der Waals surface area contributed by atoms with Crippen molar-refractivity contribution < 1.29 is 9.53 Å². The van der Waals surface area contributed by atoms with E-state index in [1.54, 1.807) is 24.3 Å². The molecule has 1 saturated heterocycles. The van der Waals surface area contributed by atoms with Gasteiger partial charge in [0.25, 0.3) is 5.91 Å². The van der Waals surface area contributed by atoms with E-state index in [4.69, 9.17) is 22.7 Å². The highest BCUT2D eigenvalue weighted by molar-refractivity contribution is 7.80. The summed E-state index contributed by atoms with van der Waals surface area (Å²) < 4.78 is 5.30. The van der Waals surface area contributed by atoms with E-state index in [1.807, 2.05) is 0 Å². The molecule has 1 fully saturated rings. The minimum atomic E-state index is -0.0617. The zero-order valence-electron chi connectivity index (χ0n) is 10.7. The summed E-state index contributed by atoms with van der Waals surface area (Å²) in [5.41, 5.74) is 6.91. The number of carbonyl (C=O) groups is 1. The largest absolute Gasteiger partial charge is 0.389 e. The number of carbonyl (C=O) groups excluding carboxylic acids is 1. The molecule has 19 heavy (non-hydrogen) atoms. The van der Waals surface area contributed by atoms with Gasteiger partial charge in [0.05, 0.1) is 0 Å². The molecular formula is C14H18N2O2S. The quantitative estimate of drug-likeness (QED) is 0.801. The van der Waals surface area contributed by atoms with E-state index < -0.39 is 0 Å². The molecule has 0 saturated carbocycles. The third kappa shape index (κ3) is 4.01. The first-order valence-corrected chi connectivity index (χ1v) is 6.83. The van der Waals surface area contributed by atoms with Gasteiger partial charge in [-0.25, -0.2) is 0 Å². The fraction of sp³-hybridized carbons (Fsp3) is 0.429. The van der Waals surface area contributed by atoms with Crippen LogP contribution in [0.4, 0.5) is 0 Å². The van der Waals surface area contributed by atoms with Gasteiger partial charge in [0, 0.05) is 30.9 Å². The molecule has 1 heterocycles. The second-order valence-corrected chi connectivity index (χ2v) is 5.16. The summed E-state index contributed by atoms with van der Waals surface area (Å²) in [5, 5.41) is 2.92. The Bertz CT molecular complexity index is 453. The minimum Gasteiger partial charge on any atom is -0.389 e. The van der Waals surface area contributed by atoms with Crippen molar-refractivity contribution in [3.63, 3.8) is 0 Å². The molecule has 102 valence electrons. The van der Waals surface area contributed by atoms with Gasteiger partial charge in [0.15, 0.2) is 0 Å². The van der Waals surface area contributed by atoms with Gasteiger partial charge in [0.1, 0.15) is 4.99 Å². The van der Waals surface area contributed by atoms with Gasteiger partial charge in [0.2, 0.25) is 0 Å². The third-order valence-electron chi connectivity index (χ3n) is 3.29. The van der Waals surface area contributed by atoms with Crippen LogP contribution in [0.25, 0.3) is 0 Å². The normalized spacial score (nSPS) is 18.2. The van der Waals surface area contributed by atoms with Crippen LogP contribution in [-0.4, -0.2) is 30.7 Å². The Morgan fingerprint density at radius 1 is 1.37 bits per heavy atom. The van der Waals surface area contributed by atoms with Crippen molar-refractivity contribution in [1.29, 1.82) is 0 Å². The molecule has 3 N–H and O–H groups in total. The Labute approximate surface area is 118 Å². The smallest absolute Gasteiger partial charge is 0.251 e. The van der Waals surface area contributed by atoms with Crippen LogP contribution in [0.1, 0.15) is 28.8 Å². The summed E-state index contributed by atoms with van der Waals surface area (Å²) in [6.07, 6.45) is 2.06. The van der Waals surface area contributed by atoms with Gasteiger partial charge in [-0.3, -0.25) is 4.79 Å². The van der Waals surface area contributed by atoms with Gasteiger partial charge in [-0.2, -0.15) is 0 Å². The maximum atomic E-state index is 11.9. The van der Waals surface area contributed by atoms with E-state index in [1.165, 1.54) is 0 Å². The number of benzene rings is 1. The minimum absolute atomic E-state index is 0.0617. The van der Waals surface area contributed by atoms with Crippen molar-refractivity contribution >= 4 is 23.1 Å². The lowest BCUT2D eigenvalue weighted by atomic mass is 10.1. The highest BCUT2D eigenvalue weighted by Gasteiger charge is 2.15. The van der Waals surface area contributed by atoms with Gasteiger partial charge < -0.3 is 15.8 Å². The van der Waals surface area contributed by atoms with E-state index in [0.717, 1.165) is 31.6 Å². The van der Waals surface area contributed by atoms with Crippen LogP contribution in [0.5, 0.6) is 0 Å². The molecule has 1 amide bonds. The van der Waals surface area contributed by atoms with Crippen molar-refractivity contribution in [2.24, 2.45) is 11.7 Å². The fourth-order valence-electron chi connectivity index (χ4n) is 2.09. The number of nitrogens with one attached hydrogen (secondary N) is 1. The number of ether oxygens (including phenoxy) is 1. The van der Waals surface area contributed by atoms with Crippen molar-refractivity contribution in [1.82, 2.24) is 5.32 Å². The van der Waals surface area contributed by atoms with Crippen LogP contribution in [0.2, 0.25) is 0 Å². The molecule has 1 aliphatic heterocycles. The predicted molar refractivity (Wildman–Crippen MR) is 78.2 cm³/mol. The topological polar surface area (TPSA) is 64.4 Å². The summed E-state index contributed by atoms with van der Waals surface area (Å²) >= 11 is 4.87. The number of hydrogen-bond donors (Lipinski definition) is 2. The Morgan fingerprint density at radius 2 is 2.05 bits per heavy atom. The van der Waals surface area contributed by atoms with Crippen LogP contribution >= 0.6 is 12.2 Å². The van der Waals surface area contributed by atoms with E-state index in [-0.39, 0.29) is 5.91 Å². The fourth-order valence-corrected chi connectivity index (χ4v) is 2.22. The predicted octanol–water partition coefficient (Wildman–Crippen LogP) is 1.48. The van der Waals surface area contributed by atoms with Crippen molar-refractivity contribution in [2.45, 2.75) is 12.8 Å². The van der Waals surface area contributed by atoms with Crippen LogP contribution in [0, 0.1) is 5.92 Å². The Balaban J connectivity index is 1.80. The summed E-state index contributed by atoms with van der Waals surface area (Å²) in [5.74, 6) is 0.519. The zero-order valence-corrected chi connectivity index (χ0v) is 11.5. The van der Waals surface area contributed by atoms with Crippen LogP contribution in [-0.2, 0) is 4.74 Å². The number of amides is 1. The standard InChI is InChI=1S/C14H18N2O2S/c15-13(19)11-1-3-12(4-2-11)14(17)16-7-5-10-6-8-18-9-10/h1-4,10H,5-9H2,(H2,15,19)(H,16,17). The first kappa shape index (κ1) is 14.0. The molecule has 1 unspecified atom stereocenters. The van der Waals surface area contributed by atoms with E-state index >= 15 is 0 Å². The molecule has 1 aromatic carbocycles. The molecule has 1 atom stereocenters. The average molecular weight is 278 g/mol. The van der Waals surface area contributed by atoms with Gasteiger partial charge in [-0.15, -0.1) is 0 Å². The summed E-state index contributed by atoms with van der Waals surface area (Å²) in [4.78, 5) is 12.2. The van der Waals surface area contributed by atoms with Crippen molar-refractivity contribution in [3.05, 3.63) is 35.4 Å². The lowest BCUT2D eigenvalue weighted by Crippen LogP contribution is -2.26. The maximum absolute atomic E-state index is 11.9. The molecule has 4 nitrogen and oxygen atoms in total. The highest BCUT2D eigenvalue weighted by Crippen LogP contribution is 2.15. The number of rotatable bonds is 5. The summed E-state index contributed by atoms with van der Waals surface area (Å²) in [6, 6.07) is 7.01. The molecule has 2 rings (SSSR count). The van der Waals surface area contributed by atoms with E-state index in [2.05, 4.69) is 5.32 Å². The Hall–Kier alpha value is -1.46. The highest BCUT2D eigenvalue weighted by atomic mass is 32.1. The second kappa shape index (κ2) is 6.63. The summed E-state index contributed by atoms with van der Waals surface area (Å²) in [7, 11) is 0.